The van der Waals surface area contributed by atoms with Gasteiger partial charge >= 0.3 is 5.97 Å². The number of rotatable bonds is 6. The molecule has 1 rings (SSSR count). The molecule has 0 saturated carbocycles. The molecule has 0 unspecified atom stereocenters. The van der Waals surface area contributed by atoms with Crippen LogP contribution in [0.15, 0.2) is 18.2 Å². The zero-order chi connectivity index (χ0) is 12.8. The number of ether oxygens (including phenoxy) is 2. The second-order valence-corrected chi connectivity index (χ2v) is 3.15. The molecule has 92 valence electrons. The molecule has 0 aliphatic rings. The third kappa shape index (κ3) is 3.84. The van der Waals surface area contributed by atoms with Crippen molar-refractivity contribution in [3.05, 3.63) is 29.6 Å². The molecule has 1 aromatic rings. The van der Waals surface area contributed by atoms with E-state index in [0.717, 1.165) is 12.1 Å². The van der Waals surface area contributed by atoms with Gasteiger partial charge in [-0.2, -0.15) is 0 Å². The number of carbonyl (C=O) groups excluding carboxylic acids is 1. The lowest BCUT2D eigenvalue weighted by Crippen LogP contribution is -2.15. The van der Waals surface area contributed by atoms with Gasteiger partial charge in [0.2, 0.25) is 0 Å². The largest absolute Gasteiger partial charge is 0.496 e. The first-order valence-electron chi connectivity index (χ1n) is 4.71. The Morgan fingerprint density at radius 1 is 1.35 bits per heavy atom. The maximum absolute atomic E-state index is 13.0. The average Bonchev–Trinajstić information content (AvgIpc) is 2.28. The number of carboxylic acid groups (broad SMARTS) is 1. The molecule has 0 fully saturated rings. The van der Waals surface area contributed by atoms with E-state index in [9.17, 15) is 14.0 Å². The number of Topliss-reactive ketones (excluding diaryl/α,β-unsaturated/α-hetero) is 1. The molecule has 6 heteroatoms. The van der Waals surface area contributed by atoms with Crippen molar-refractivity contribution in [2.24, 2.45) is 0 Å². The lowest BCUT2D eigenvalue weighted by atomic mass is 10.1. The molecule has 5 nitrogen and oxygen atoms in total. The van der Waals surface area contributed by atoms with Crippen LogP contribution in [-0.2, 0) is 9.53 Å². The molecule has 0 aromatic heterocycles. The Bertz CT molecular complexity index is 430. The summed E-state index contributed by atoms with van der Waals surface area (Å²) in [6.45, 7) is -1.02. The van der Waals surface area contributed by atoms with E-state index in [1.54, 1.807) is 0 Å². The van der Waals surface area contributed by atoms with E-state index < -0.39 is 30.8 Å². The van der Waals surface area contributed by atoms with E-state index >= 15 is 0 Å². The number of methoxy groups -OCH3 is 1. The minimum absolute atomic E-state index is 0.0258. The molecule has 0 atom stereocenters. The average molecular weight is 242 g/mol. The molecule has 1 aromatic carbocycles. The lowest BCUT2D eigenvalue weighted by Gasteiger charge is -2.07. The van der Waals surface area contributed by atoms with E-state index in [-0.39, 0.29) is 11.3 Å². The monoisotopic (exact) mass is 242 g/mol. The minimum atomic E-state index is -1.18. The van der Waals surface area contributed by atoms with Crippen LogP contribution in [0.1, 0.15) is 10.4 Å². The topological polar surface area (TPSA) is 72.8 Å². The summed E-state index contributed by atoms with van der Waals surface area (Å²) in [5, 5.41) is 8.32. The van der Waals surface area contributed by atoms with Crippen LogP contribution in [0.25, 0.3) is 0 Å². The molecule has 0 bridgehead atoms. The Morgan fingerprint density at radius 3 is 2.65 bits per heavy atom. The van der Waals surface area contributed by atoms with Crippen LogP contribution in [-0.4, -0.2) is 37.2 Å². The summed E-state index contributed by atoms with van der Waals surface area (Å²) in [7, 11) is 1.35. The maximum Gasteiger partial charge on any atom is 0.329 e. The first-order chi connectivity index (χ1) is 8.04. The first-order valence-corrected chi connectivity index (χ1v) is 4.71. The highest BCUT2D eigenvalue weighted by molar-refractivity contribution is 5.99. The van der Waals surface area contributed by atoms with Crippen LogP contribution in [0.2, 0.25) is 0 Å². The zero-order valence-electron chi connectivity index (χ0n) is 9.10. The molecule has 0 amide bonds. The van der Waals surface area contributed by atoms with Gasteiger partial charge in [0.1, 0.15) is 24.8 Å². The fourth-order valence-corrected chi connectivity index (χ4v) is 1.21. The molecular weight excluding hydrogens is 231 g/mol. The Morgan fingerprint density at radius 2 is 2.06 bits per heavy atom. The number of hydrogen-bond acceptors (Lipinski definition) is 4. The van der Waals surface area contributed by atoms with Gasteiger partial charge in [0.25, 0.3) is 0 Å². The van der Waals surface area contributed by atoms with E-state index in [1.807, 2.05) is 0 Å². The van der Waals surface area contributed by atoms with Crippen LogP contribution in [0.5, 0.6) is 5.75 Å². The quantitative estimate of drug-likeness (QED) is 0.757. The number of ketones is 1. The molecule has 1 N–H and O–H groups in total. The first kappa shape index (κ1) is 13.1. The van der Waals surface area contributed by atoms with Crippen molar-refractivity contribution in [2.75, 3.05) is 20.3 Å². The van der Waals surface area contributed by atoms with Gasteiger partial charge in [0.05, 0.1) is 12.7 Å². The summed E-state index contributed by atoms with van der Waals surface area (Å²) in [6.07, 6.45) is 0. The van der Waals surface area contributed by atoms with Crippen molar-refractivity contribution in [1.29, 1.82) is 0 Å². The number of carboxylic acids is 1. The molecule has 0 aliphatic heterocycles. The smallest absolute Gasteiger partial charge is 0.329 e. The third-order valence-corrected chi connectivity index (χ3v) is 1.92. The fourth-order valence-electron chi connectivity index (χ4n) is 1.21. The molecule has 0 spiro atoms. The van der Waals surface area contributed by atoms with Gasteiger partial charge in [0.15, 0.2) is 5.78 Å². The second kappa shape index (κ2) is 5.95. The van der Waals surface area contributed by atoms with Gasteiger partial charge in [-0.25, -0.2) is 9.18 Å². The summed E-state index contributed by atoms with van der Waals surface area (Å²) < 4.78 is 22.5. The van der Waals surface area contributed by atoms with Crippen molar-refractivity contribution in [3.63, 3.8) is 0 Å². The van der Waals surface area contributed by atoms with Crippen LogP contribution in [0, 0.1) is 5.82 Å². The number of benzene rings is 1. The van der Waals surface area contributed by atoms with Crippen molar-refractivity contribution >= 4 is 11.8 Å². The number of hydrogen-bond donors (Lipinski definition) is 1. The van der Waals surface area contributed by atoms with E-state index in [0.29, 0.717) is 0 Å². The minimum Gasteiger partial charge on any atom is -0.496 e. The van der Waals surface area contributed by atoms with Crippen molar-refractivity contribution in [2.45, 2.75) is 0 Å². The molecule has 17 heavy (non-hydrogen) atoms. The van der Waals surface area contributed by atoms with Gasteiger partial charge in [0, 0.05) is 0 Å². The molecule has 0 aliphatic carbocycles. The van der Waals surface area contributed by atoms with Crippen LogP contribution >= 0.6 is 0 Å². The van der Waals surface area contributed by atoms with E-state index in [4.69, 9.17) is 9.84 Å². The van der Waals surface area contributed by atoms with Crippen molar-refractivity contribution in [1.82, 2.24) is 0 Å². The predicted octanol–water partition coefficient (Wildman–Crippen LogP) is 1.12. The molecular formula is C11H11FO5. The summed E-state index contributed by atoms with van der Waals surface area (Å²) in [5.41, 5.74) is 0.0258. The molecule has 0 saturated heterocycles. The third-order valence-electron chi connectivity index (χ3n) is 1.92. The summed E-state index contributed by atoms with van der Waals surface area (Å²) in [4.78, 5) is 21.8. The van der Waals surface area contributed by atoms with Gasteiger partial charge < -0.3 is 14.6 Å². The lowest BCUT2D eigenvalue weighted by molar-refractivity contribution is -0.141. The number of halogens is 1. The van der Waals surface area contributed by atoms with Gasteiger partial charge in [-0.1, -0.05) is 0 Å². The normalized spacial score (nSPS) is 10.0. The second-order valence-electron chi connectivity index (χ2n) is 3.15. The Labute approximate surface area is 96.8 Å². The Balaban J connectivity index is 2.73. The fraction of sp³-hybridized carbons (Fsp3) is 0.273. The predicted molar refractivity (Wildman–Crippen MR) is 55.7 cm³/mol. The highest BCUT2D eigenvalue weighted by atomic mass is 19.1. The summed E-state index contributed by atoms with van der Waals surface area (Å²) in [6, 6.07) is 3.50. The highest BCUT2D eigenvalue weighted by Crippen LogP contribution is 2.19. The van der Waals surface area contributed by atoms with Gasteiger partial charge in [-0.05, 0) is 18.2 Å². The van der Waals surface area contributed by atoms with Gasteiger partial charge in [-0.15, -0.1) is 0 Å². The highest BCUT2D eigenvalue weighted by Gasteiger charge is 2.14. The van der Waals surface area contributed by atoms with Crippen LogP contribution in [0.3, 0.4) is 0 Å². The van der Waals surface area contributed by atoms with Gasteiger partial charge in [-0.3, -0.25) is 4.79 Å². The van der Waals surface area contributed by atoms with Crippen LogP contribution in [0.4, 0.5) is 4.39 Å². The summed E-state index contributed by atoms with van der Waals surface area (Å²) in [5.74, 6) is -2.07. The van der Waals surface area contributed by atoms with E-state index in [1.165, 1.54) is 13.2 Å². The number of carbonyl (C=O) groups is 2. The summed E-state index contributed by atoms with van der Waals surface area (Å²) >= 11 is 0. The standard InChI is InChI=1S/C11H11FO5/c1-16-10-3-2-7(12)4-8(10)9(13)5-17-6-11(14)15/h2-4H,5-6H2,1H3,(H,14,15). The molecule has 0 radical (unpaired) electrons. The maximum atomic E-state index is 13.0. The van der Waals surface area contributed by atoms with Crippen molar-refractivity contribution < 1.29 is 28.6 Å². The number of aliphatic carboxylic acids is 1. The molecule has 0 heterocycles. The van der Waals surface area contributed by atoms with E-state index in [2.05, 4.69) is 4.74 Å². The van der Waals surface area contributed by atoms with Crippen LogP contribution < -0.4 is 4.74 Å². The SMILES string of the molecule is COc1ccc(F)cc1C(=O)COCC(=O)O. The Kier molecular flexibility index (Phi) is 4.59. The zero-order valence-corrected chi connectivity index (χ0v) is 9.10. The Hall–Kier alpha value is -1.95. The van der Waals surface area contributed by atoms with Crippen molar-refractivity contribution in [3.8, 4) is 5.75 Å².